The van der Waals surface area contributed by atoms with Gasteiger partial charge in [0, 0.05) is 30.8 Å². The number of rotatable bonds is 6. The number of ether oxygens (including phenoxy) is 1. The second-order valence-corrected chi connectivity index (χ2v) is 7.10. The maximum Gasteiger partial charge on any atom is 0.245 e. The molecule has 1 aromatic carbocycles. The summed E-state index contributed by atoms with van der Waals surface area (Å²) < 4.78 is 8.08. The van der Waals surface area contributed by atoms with Crippen molar-refractivity contribution in [3.05, 3.63) is 61.2 Å². The Morgan fingerprint density at radius 1 is 1.39 bits per heavy atom. The van der Waals surface area contributed by atoms with Gasteiger partial charge in [0.05, 0.1) is 19.1 Å². The van der Waals surface area contributed by atoms with Crippen molar-refractivity contribution in [2.24, 2.45) is 5.92 Å². The molecule has 1 amide bonds. The van der Waals surface area contributed by atoms with Crippen LogP contribution in [-0.4, -0.2) is 45.0 Å². The van der Waals surface area contributed by atoms with Crippen LogP contribution in [-0.2, 0) is 11.2 Å². The largest absolute Gasteiger partial charge is 0.508 e. The van der Waals surface area contributed by atoms with E-state index in [-0.39, 0.29) is 11.7 Å². The van der Waals surface area contributed by atoms with E-state index in [1.54, 1.807) is 29.6 Å². The monoisotopic (exact) mass is 377 g/mol. The van der Waals surface area contributed by atoms with Crippen LogP contribution in [0.2, 0.25) is 0 Å². The van der Waals surface area contributed by atoms with E-state index in [0.717, 1.165) is 34.4 Å². The number of amides is 1. The molecule has 28 heavy (non-hydrogen) atoms. The number of benzene rings is 1. The summed E-state index contributed by atoms with van der Waals surface area (Å²) in [5, 5.41) is 9.79. The van der Waals surface area contributed by atoms with Crippen molar-refractivity contribution in [2.75, 3.05) is 19.7 Å². The second-order valence-electron chi connectivity index (χ2n) is 7.10. The van der Waals surface area contributed by atoms with E-state index >= 15 is 0 Å². The number of carbonyl (C=O) groups is 1. The van der Waals surface area contributed by atoms with Gasteiger partial charge in [-0.15, -0.1) is 0 Å². The highest BCUT2D eigenvalue weighted by atomic mass is 16.5. The zero-order valence-corrected chi connectivity index (χ0v) is 15.8. The molecule has 4 rings (SSSR count). The summed E-state index contributed by atoms with van der Waals surface area (Å²) in [6.07, 6.45) is 7.72. The lowest BCUT2D eigenvalue weighted by Gasteiger charge is -2.38. The summed E-state index contributed by atoms with van der Waals surface area (Å²) >= 11 is 0. The fourth-order valence-electron chi connectivity index (χ4n) is 3.61. The predicted molar refractivity (Wildman–Crippen MR) is 107 cm³/mol. The minimum absolute atomic E-state index is 0.0316. The highest BCUT2D eigenvalue weighted by Crippen LogP contribution is 2.32. The molecule has 2 aromatic heterocycles. The molecule has 0 saturated carbocycles. The van der Waals surface area contributed by atoms with Crippen molar-refractivity contribution >= 4 is 11.4 Å². The third-order valence-electron chi connectivity index (χ3n) is 5.18. The summed E-state index contributed by atoms with van der Waals surface area (Å²) in [4.78, 5) is 17.6. The average molecular weight is 377 g/mol. The Hall–Kier alpha value is -3.28. The van der Waals surface area contributed by atoms with Crippen LogP contribution in [0, 0.1) is 5.92 Å². The number of hydrogen-bond acceptors (Lipinski definition) is 4. The molecule has 3 heterocycles. The number of aryl methyl sites for hydroxylation is 1. The molecule has 6 nitrogen and oxygen atoms in total. The van der Waals surface area contributed by atoms with Crippen LogP contribution in [0.1, 0.15) is 12.5 Å². The number of imidazole rings is 1. The van der Waals surface area contributed by atoms with Crippen LogP contribution >= 0.6 is 0 Å². The van der Waals surface area contributed by atoms with E-state index in [2.05, 4.69) is 18.5 Å². The number of likely N-dealkylation sites (tertiary alicyclic amines) is 1. The number of nitrogens with zero attached hydrogens (tertiary/aromatic N) is 3. The maximum atomic E-state index is 11.6. The van der Waals surface area contributed by atoms with Gasteiger partial charge in [0.25, 0.3) is 0 Å². The summed E-state index contributed by atoms with van der Waals surface area (Å²) in [5.74, 6) is 1.31. The Morgan fingerprint density at radius 2 is 2.21 bits per heavy atom. The normalized spacial score (nSPS) is 14.1. The minimum Gasteiger partial charge on any atom is -0.508 e. The van der Waals surface area contributed by atoms with Crippen LogP contribution in [0.5, 0.6) is 11.5 Å². The van der Waals surface area contributed by atoms with Gasteiger partial charge >= 0.3 is 0 Å². The van der Waals surface area contributed by atoms with Crippen molar-refractivity contribution < 1.29 is 14.6 Å². The third-order valence-corrected chi connectivity index (χ3v) is 5.18. The highest BCUT2D eigenvalue weighted by Gasteiger charge is 2.29. The molecule has 0 unspecified atom stereocenters. The van der Waals surface area contributed by atoms with Crippen molar-refractivity contribution in [2.45, 2.75) is 13.3 Å². The molecule has 0 bridgehead atoms. The fourth-order valence-corrected chi connectivity index (χ4v) is 3.61. The summed E-state index contributed by atoms with van der Waals surface area (Å²) in [5.41, 5.74) is 4.04. The first-order valence-electron chi connectivity index (χ1n) is 9.41. The van der Waals surface area contributed by atoms with Crippen LogP contribution in [0.25, 0.3) is 16.6 Å². The van der Waals surface area contributed by atoms with E-state index in [1.807, 2.05) is 22.7 Å². The molecule has 1 N–H and O–H groups in total. The summed E-state index contributed by atoms with van der Waals surface area (Å²) in [6, 6.07) is 7.45. The topological polar surface area (TPSA) is 67.1 Å². The van der Waals surface area contributed by atoms with E-state index in [9.17, 15) is 9.90 Å². The Balaban J connectivity index is 1.58. The van der Waals surface area contributed by atoms with Crippen molar-refractivity contribution in [3.63, 3.8) is 0 Å². The van der Waals surface area contributed by atoms with Crippen LogP contribution < -0.4 is 4.74 Å². The number of aromatic hydroxyl groups is 1. The number of aromatic nitrogens is 2. The molecule has 0 spiro atoms. The molecule has 0 radical (unpaired) electrons. The number of pyridine rings is 1. The Kier molecular flexibility index (Phi) is 4.77. The SMILES string of the molecule is C=CC(=O)N1CC(COc2cc(-c3ccc(O)cc3CC)cn3cncc23)C1. The van der Waals surface area contributed by atoms with Crippen molar-refractivity contribution in [3.8, 4) is 22.6 Å². The van der Waals surface area contributed by atoms with Gasteiger partial charge < -0.3 is 19.1 Å². The van der Waals surface area contributed by atoms with Crippen molar-refractivity contribution in [1.82, 2.24) is 14.3 Å². The molecule has 0 atom stereocenters. The third kappa shape index (κ3) is 3.33. The molecule has 1 aliphatic rings. The fraction of sp³-hybridized carbons (Fsp3) is 0.273. The number of carbonyl (C=O) groups excluding carboxylic acids is 1. The smallest absolute Gasteiger partial charge is 0.245 e. The van der Waals surface area contributed by atoms with Gasteiger partial charge in [0.2, 0.25) is 5.91 Å². The van der Waals surface area contributed by atoms with E-state index in [4.69, 9.17) is 4.74 Å². The van der Waals surface area contributed by atoms with Crippen molar-refractivity contribution in [1.29, 1.82) is 0 Å². The first-order valence-corrected chi connectivity index (χ1v) is 9.41. The molecule has 144 valence electrons. The molecule has 1 saturated heterocycles. The number of fused-ring (bicyclic) bond motifs is 1. The zero-order valence-electron chi connectivity index (χ0n) is 15.8. The molecule has 1 aliphatic heterocycles. The molecular formula is C22H23N3O3. The first-order chi connectivity index (χ1) is 13.6. The maximum absolute atomic E-state index is 11.6. The molecule has 1 fully saturated rings. The van der Waals surface area contributed by atoms with Crippen LogP contribution in [0.15, 0.2) is 55.6 Å². The average Bonchev–Trinajstić information content (AvgIpc) is 3.14. The molecule has 6 heteroatoms. The van der Waals surface area contributed by atoms with E-state index in [1.165, 1.54) is 6.08 Å². The van der Waals surface area contributed by atoms with E-state index < -0.39 is 0 Å². The zero-order chi connectivity index (χ0) is 19.7. The molecular weight excluding hydrogens is 354 g/mol. The van der Waals surface area contributed by atoms with E-state index in [0.29, 0.717) is 25.6 Å². The van der Waals surface area contributed by atoms with Gasteiger partial charge in [-0.3, -0.25) is 4.79 Å². The summed E-state index contributed by atoms with van der Waals surface area (Å²) in [6.45, 7) is 7.52. The molecule has 0 aliphatic carbocycles. The second kappa shape index (κ2) is 7.38. The number of phenols is 1. The standard InChI is InChI=1S/C22H23N3O3/c1-3-16-7-18(26)5-6-19(16)17-8-21(20-9-23-14-25(20)12-17)28-13-15-10-24(11-15)22(27)4-2/h4-9,12,14-15,26H,2-3,10-11,13H2,1H3. The number of hydrogen-bond donors (Lipinski definition) is 1. The van der Waals surface area contributed by atoms with Gasteiger partial charge in [-0.2, -0.15) is 0 Å². The number of phenolic OH excluding ortho intramolecular Hbond substituents is 1. The lowest BCUT2D eigenvalue weighted by Crippen LogP contribution is -2.51. The lowest BCUT2D eigenvalue weighted by atomic mass is 9.98. The molecule has 3 aromatic rings. The van der Waals surface area contributed by atoms with Gasteiger partial charge in [-0.05, 0) is 41.8 Å². The lowest BCUT2D eigenvalue weighted by molar-refractivity contribution is -0.132. The predicted octanol–water partition coefficient (Wildman–Crippen LogP) is 3.29. The first kappa shape index (κ1) is 18.1. The minimum atomic E-state index is -0.0316. The van der Waals surface area contributed by atoms with Crippen LogP contribution in [0.4, 0.5) is 0 Å². The Bertz CT molecular complexity index is 1030. The van der Waals surface area contributed by atoms with Gasteiger partial charge in [-0.25, -0.2) is 4.98 Å². The van der Waals surface area contributed by atoms with Crippen LogP contribution in [0.3, 0.4) is 0 Å². The Labute approximate surface area is 163 Å². The van der Waals surface area contributed by atoms with Gasteiger partial charge in [0.15, 0.2) is 0 Å². The quantitative estimate of drug-likeness (QED) is 0.670. The van der Waals surface area contributed by atoms with Gasteiger partial charge in [0.1, 0.15) is 17.0 Å². The summed E-state index contributed by atoms with van der Waals surface area (Å²) in [7, 11) is 0. The Morgan fingerprint density at radius 3 is 2.96 bits per heavy atom. The van der Waals surface area contributed by atoms with Gasteiger partial charge in [-0.1, -0.05) is 19.6 Å². The highest BCUT2D eigenvalue weighted by molar-refractivity contribution is 5.87.